The number of nitrogens with zero attached hydrogens (tertiary/aromatic N) is 2. The highest BCUT2D eigenvalue weighted by Gasteiger charge is 2.07. The van der Waals surface area contributed by atoms with Gasteiger partial charge in [0.2, 0.25) is 5.88 Å². The number of hydrogen-bond donors (Lipinski definition) is 2. The van der Waals surface area contributed by atoms with Gasteiger partial charge >= 0.3 is 6.03 Å². The molecule has 0 aliphatic carbocycles. The zero-order chi connectivity index (χ0) is 17.6. The minimum absolute atomic E-state index is 0.116. The highest BCUT2D eigenvalue weighted by atomic mass is 19.1. The Kier molecular flexibility index (Phi) is 4.84. The van der Waals surface area contributed by atoms with Crippen LogP contribution in [0, 0.1) is 5.82 Å². The Balaban J connectivity index is 1.65. The van der Waals surface area contributed by atoms with Crippen LogP contribution < -0.4 is 15.4 Å². The molecule has 0 fully saturated rings. The van der Waals surface area contributed by atoms with Gasteiger partial charge in [0.25, 0.3) is 0 Å². The van der Waals surface area contributed by atoms with Gasteiger partial charge in [-0.15, -0.1) is 10.2 Å². The van der Waals surface area contributed by atoms with Gasteiger partial charge in [-0.3, -0.25) is 0 Å². The van der Waals surface area contributed by atoms with Crippen LogP contribution in [0.3, 0.4) is 0 Å². The van der Waals surface area contributed by atoms with Crippen molar-refractivity contribution in [2.45, 2.75) is 0 Å². The average molecular weight is 338 g/mol. The highest BCUT2D eigenvalue weighted by molar-refractivity contribution is 5.99. The maximum atomic E-state index is 13.5. The molecule has 0 aliphatic rings. The quantitative estimate of drug-likeness (QED) is 0.755. The molecule has 3 rings (SSSR count). The second kappa shape index (κ2) is 7.39. The van der Waals surface area contributed by atoms with Crippen molar-refractivity contribution in [3.63, 3.8) is 0 Å². The van der Waals surface area contributed by atoms with Crippen LogP contribution >= 0.6 is 0 Å². The lowest BCUT2D eigenvalue weighted by Crippen LogP contribution is -2.20. The summed E-state index contributed by atoms with van der Waals surface area (Å²) in [6.45, 7) is 0. The number of amides is 2. The summed E-state index contributed by atoms with van der Waals surface area (Å²) in [5.74, 6) is -0.0575. The van der Waals surface area contributed by atoms with Gasteiger partial charge in [0.15, 0.2) is 0 Å². The van der Waals surface area contributed by atoms with Gasteiger partial charge < -0.3 is 15.4 Å². The van der Waals surface area contributed by atoms with Crippen LogP contribution in [0.25, 0.3) is 11.3 Å². The van der Waals surface area contributed by atoms with Gasteiger partial charge in [-0.25, -0.2) is 9.18 Å². The van der Waals surface area contributed by atoms with E-state index in [2.05, 4.69) is 20.8 Å². The Bertz CT molecular complexity index is 867. The molecule has 2 amide bonds. The molecule has 7 heteroatoms. The number of rotatable bonds is 4. The minimum atomic E-state index is -0.526. The first-order chi connectivity index (χ1) is 12.2. The standard InChI is InChI=1S/C18H15FN4O2/c1-25-17-11-10-15(22-23-17)12-6-8-13(9-7-12)20-18(24)21-16-5-3-2-4-14(16)19/h2-11H,1H3,(H2,20,21,24). The van der Waals surface area contributed by atoms with Crippen LogP contribution in [0.15, 0.2) is 60.7 Å². The lowest BCUT2D eigenvalue weighted by Gasteiger charge is -2.09. The first kappa shape index (κ1) is 16.4. The molecule has 2 N–H and O–H groups in total. The van der Waals surface area contributed by atoms with E-state index in [4.69, 9.17) is 4.74 Å². The number of benzene rings is 2. The van der Waals surface area contributed by atoms with Gasteiger partial charge in [0, 0.05) is 17.3 Å². The molecule has 0 saturated heterocycles. The van der Waals surface area contributed by atoms with Crippen molar-refractivity contribution in [2.75, 3.05) is 17.7 Å². The predicted octanol–water partition coefficient (Wildman–Crippen LogP) is 3.94. The van der Waals surface area contributed by atoms with Crippen molar-refractivity contribution in [2.24, 2.45) is 0 Å². The molecule has 0 spiro atoms. The molecule has 0 atom stereocenters. The number of carbonyl (C=O) groups is 1. The van der Waals surface area contributed by atoms with Crippen molar-refractivity contribution in [3.8, 4) is 17.1 Å². The highest BCUT2D eigenvalue weighted by Crippen LogP contribution is 2.20. The predicted molar refractivity (Wildman–Crippen MR) is 93.1 cm³/mol. The lowest BCUT2D eigenvalue weighted by molar-refractivity contribution is 0.262. The summed E-state index contributed by atoms with van der Waals surface area (Å²) in [6.07, 6.45) is 0. The zero-order valence-electron chi connectivity index (χ0n) is 13.4. The zero-order valence-corrected chi connectivity index (χ0v) is 13.4. The number of halogens is 1. The van der Waals surface area contributed by atoms with E-state index in [0.29, 0.717) is 17.3 Å². The third kappa shape index (κ3) is 4.08. The van der Waals surface area contributed by atoms with Crippen LogP contribution in [0.5, 0.6) is 5.88 Å². The second-order valence-corrected chi connectivity index (χ2v) is 5.10. The molecule has 0 saturated carbocycles. The van der Waals surface area contributed by atoms with Crippen LogP contribution in [0.1, 0.15) is 0 Å². The van der Waals surface area contributed by atoms with E-state index < -0.39 is 11.8 Å². The van der Waals surface area contributed by atoms with E-state index in [0.717, 1.165) is 5.56 Å². The number of aromatic nitrogens is 2. The molecular weight excluding hydrogens is 323 g/mol. The van der Waals surface area contributed by atoms with Crippen LogP contribution in [0.2, 0.25) is 0 Å². The van der Waals surface area contributed by atoms with Crippen molar-refractivity contribution < 1.29 is 13.9 Å². The maximum Gasteiger partial charge on any atom is 0.323 e. The van der Waals surface area contributed by atoms with Crippen molar-refractivity contribution >= 4 is 17.4 Å². The number of para-hydroxylation sites is 1. The van der Waals surface area contributed by atoms with E-state index >= 15 is 0 Å². The summed E-state index contributed by atoms with van der Waals surface area (Å²) < 4.78 is 18.5. The van der Waals surface area contributed by atoms with E-state index in [9.17, 15) is 9.18 Å². The summed E-state index contributed by atoms with van der Waals surface area (Å²) in [7, 11) is 1.52. The molecule has 6 nitrogen and oxygen atoms in total. The van der Waals surface area contributed by atoms with Gasteiger partial charge in [0.05, 0.1) is 18.5 Å². The van der Waals surface area contributed by atoms with Crippen molar-refractivity contribution in [1.29, 1.82) is 0 Å². The second-order valence-electron chi connectivity index (χ2n) is 5.10. The Labute approximate surface area is 143 Å². The summed E-state index contributed by atoms with van der Waals surface area (Å²) in [5.41, 5.74) is 2.21. The molecule has 0 unspecified atom stereocenters. The van der Waals surface area contributed by atoms with E-state index in [1.54, 1.807) is 48.5 Å². The van der Waals surface area contributed by atoms with E-state index in [-0.39, 0.29) is 5.69 Å². The fraction of sp³-hybridized carbons (Fsp3) is 0.0556. The number of carbonyl (C=O) groups excluding carboxylic acids is 1. The molecule has 1 aromatic heterocycles. The number of hydrogen-bond acceptors (Lipinski definition) is 4. The van der Waals surface area contributed by atoms with Crippen LogP contribution in [0.4, 0.5) is 20.6 Å². The molecule has 25 heavy (non-hydrogen) atoms. The molecule has 0 radical (unpaired) electrons. The average Bonchev–Trinajstić information content (AvgIpc) is 2.64. The first-order valence-corrected chi connectivity index (χ1v) is 7.46. The Hall–Kier alpha value is -3.48. The third-order valence-electron chi connectivity index (χ3n) is 3.41. The number of urea groups is 1. The van der Waals surface area contributed by atoms with Gasteiger partial charge in [-0.1, -0.05) is 24.3 Å². The Morgan fingerprint density at radius 2 is 1.72 bits per heavy atom. The fourth-order valence-electron chi connectivity index (χ4n) is 2.15. The van der Waals surface area contributed by atoms with Gasteiger partial charge in [-0.05, 0) is 30.3 Å². The van der Waals surface area contributed by atoms with E-state index in [1.165, 1.54) is 19.2 Å². The number of methoxy groups -OCH3 is 1. The summed E-state index contributed by atoms with van der Waals surface area (Å²) >= 11 is 0. The molecular formula is C18H15FN4O2. The normalized spacial score (nSPS) is 10.2. The SMILES string of the molecule is COc1ccc(-c2ccc(NC(=O)Nc3ccccc3F)cc2)nn1. The van der Waals surface area contributed by atoms with Crippen molar-refractivity contribution in [1.82, 2.24) is 10.2 Å². The van der Waals surface area contributed by atoms with Gasteiger partial charge in [0.1, 0.15) is 5.82 Å². The maximum absolute atomic E-state index is 13.5. The minimum Gasteiger partial charge on any atom is -0.480 e. The van der Waals surface area contributed by atoms with Crippen LogP contribution in [-0.2, 0) is 0 Å². The number of anilines is 2. The Morgan fingerprint density at radius 3 is 2.36 bits per heavy atom. The lowest BCUT2D eigenvalue weighted by atomic mass is 10.1. The molecule has 126 valence electrons. The van der Waals surface area contributed by atoms with Crippen LogP contribution in [-0.4, -0.2) is 23.3 Å². The summed E-state index contributed by atoms with van der Waals surface area (Å²) in [4.78, 5) is 11.9. The fourth-order valence-corrected chi connectivity index (χ4v) is 2.15. The Morgan fingerprint density at radius 1 is 0.960 bits per heavy atom. The molecule has 3 aromatic rings. The van der Waals surface area contributed by atoms with E-state index in [1.807, 2.05) is 0 Å². The largest absolute Gasteiger partial charge is 0.480 e. The smallest absolute Gasteiger partial charge is 0.323 e. The van der Waals surface area contributed by atoms with Crippen molar-refractivity contribution in [3.05, 3.63) is 66.5 Å². The number of nitrogens with one attached hydrogen (secondary N) is 2. The molecule has 0 bridgehead atoms. The first-order valence-electron chi connectivity index (χ1n) is 7.46. The van der Waals surface area contributed by atoms with Gasteiger partial charge in [-0.2, -0.15) is 0 Å². The topological polar surface area (TPSA) is 76.1 Å². The summed E-state index contributed by atoms with van der Waals surface area (Å²) in [6, 6.07) is 16.0. The summed E-state index contributed by atoms with van der Waals surface area (Å²) in [5, 5.41) is 13.1. The number of ether oxygens (including phenoxy) is 1. The molecule has 0 aliphatic heterocycles. The molecule has 2 aromatic carbocycles. The monoisotopic (exact) mass is 338 g/mol. The third-order valence-corrected chi connectivity index (χ3v) is 3.41. The molecule has 1 heterocycles.